The lowest BCUT2D eigenvalue weighted by molar-refractivity contribution is 0.786. The number of aryl methyl sites for hydroxylation is 1. The summed E-state index contributed by atoms with van der Waals surface area (Å²) in [6, 6.07) is 0. The predicted octanol–water partition coefficient (Wildman–Crippen LogP) is 2.46. The largest absolute Gasteiger partial charge is 0.330 e. The molecule has 5 nitrogen and oxygen atoms in total. The Kier molecular flexibility index (Phi) is 3.20. The van der Waals surface area contributed by atoms with Crippen LogP contribution in [0.15, 0.2) is 16.0 Å². The highest BCUT2D eigenvalue weighted by atomic mass is 79.9. The summed E-state index contributed by atoms with van der Waals surface area (Å²) in [7, 11) is 0. The van der Waals surface area contributed by atoms with Crippen LogP contribution < -0.4 is 5.73 Å². The van der Waals surface area contributed by atoms with Crippen LogP contribution in [0.4, 0.5) is 0 Å². The Morgan fingerprint density at radius 2 is 2.21 bits per heavy atom. The first-order valence-electron chi connectivity index (χ1n) is 6.00. The van der Waals surface area contributed by atoms with E-state index in [4.69, 9.17) is 5.73 Å². The molecule has 3 heterocycles. The minimum absolute atomic E-state index is 0.594. The molecule has 3 aromatic rings. The van der Waals surface area contributed by atoms with Crippen LogP contribution in [0.2, 0.25) is 0 Å². The second-order valence-corrected chi connectivity index (χ2v) is 6.04. The number of thiazole rings is 1. The molecule has 0 bridgehead atoms. The van der Waals surface area contributed by atoms with Crippen LogP contribution in [-0.4, -0.2) is 25.7 Å². The molecular formula is C12H14BrN5S. The number of aromatic nitrogens is 4. The van der Waals surface area contributed by atoms with E-state index in [1.165, 1.54) is 0 Å². The molecule has 0 radical (unpaired) electrons. The van der Waals surface area contributed by atoms with Crippen molar-refractivity contribution in [2.45, 2.75) is 20.3 Å². The lowest BCUT2D eigenvalue weighted by Crippen LogP contribution is -2.09. The van der Waals surface area contributed by atoms with Gasteiger partial charge in [-0.05, 0) is 36.3 Å². The lowest BCUT2D eigenvalue weighted by atomic mass is 10.3. The van der Waals surface area contributed by atoms with E-state index < -0.39 is 0 Å². The standard InChI is InChI=1S/C12H14BrN5S/c1-7-10(13)8(2)18(16-7)11-9(3-4-14)17-5-6-19-12(17)15-11/h5-6H,3-4,14H2,1-2H3. The van der Waals surface area contributed by atoms with Gasteiger partial charge in [-0.1, -0.05) is 0 Å². The molecular weight excluding hydrogens is 326 g/mol. The fourth-order valence-electron chi connectivity index (χ4n) is 2.19. The van der Waals surface area contributed by atoms with Crippen LogP contribution in [0.5, 0.6) is 0 Å². The lowest BCUT2D eigenvalue weighted by Gasteiger charge is -2.04. The molecule has 0 amide bonds. The number of imidazole rings is 1. The van der Waals surface area contributed by atoms with Gasteiger partial charge in [0, 0.05) is 18.0 Å². The van der Waals surface area contributed by atoms with Crippen molar-refractivity contribution in [3.8, 4) is 5.82 Å². The number of halogens is 1. The van der Waals surface area contributed by atoms with Gasteiger partial charge in [-0.3, -0.25) is 4.40 Å². The second-order valence-electron chi connectivity index (χ2n) is 4.37. The van der Waals surface area contributed by atoms with E-state index in [1.807, 2.05) is 30.1 Å². The summed E-state index contributed by atoms with van der Waals surface area (Å²) in [5.41, 5.74) is 8.85. The normalized spacial score (nSPS) is 11.6. The van der Waals surface area contributed by atoms with E-state index in [0.29, 0.717) is 6.54 Å². The molecule has 0 atom stereocenters. The molecule has 0 aliphatic rings. The SMILES string of the molecule is Cc1nn(-c2nc3sccn3c2CCN)c(C)c1Br. The Morgan fingerprint density at radius 1 is 1.42 bits per heavy atom. The van der Waals surface area contributed by atoms with Crippen molar-refractivity contribution in [3.63, 3.8) is 0 Å². The van der Waals surface area contributed by atoms with Crippen LogP contribution in [-0.2, 0) is 6.42 Å². The summed E-state index contributed by atoms with van der Waals surface area (Å²) < 4.78 is 5.02. The zero-order chi connectivity index (χ0) is 13.6. The van der Waals surface area contributed by atoms with E-state index in [2.05, 4.69) is 30.4 Å². The monoisotopic (exact) mass is 339 g/mol. The Balaban J connectivity index is 2.26. The first kappa shape index (κ1) is 12.8. The molecule has 0 unspecified atom stereocenters. The van der Waals surface area contributed by atoms with Crippen LogP contribution in [0.25, 0.3) is 10.8 Å². The van der Waals surface area contributed by atoms with Crippen LogP contribution >= 0.6 is 27.3 Å². The smallest absolute Gasteiger partial charge is 0.195 e. The molecule has 0 fully saturated rings. The van der Waals surface area contributed by atoms with Gasteiger partial charge in [0.05, 0.1) is 21.6 Å². The summed E-state index contributed by atoms with van der Waals surface area (Å²) in [5.74, 6) is 0.878. The Labute approximate surface area is 123 Å². The number of nitrogens with two attached hydrogens (primary N) is 1. The van der Waals surface area contributed by atoms with Crippen molar-refractivity contribution in [2.24, 2.45) is 5.73 Å². The molecule has 0 aliphatic carbocycles. The Hall–Kier alpha value is -1.18. The third-order valence-corrected chi connectivity index (χ3v) is 5.03. The molecule has 0 aliphatic heterocycles. The van der Waals surface area contributed by atoms with Crippen LogP contribution in [0.3, 0.4) is 0 Å². The maximum Gasteiger partial charge on any atom is 0.195 e. The highest BCUT2D eigenvalue weighted by molar-refractivity contribution is 9.10. The van der Waals surface area contributed by atoms with Crippen molar-refractivity contribution in [1.29, 1.82) is 0 Å². The third kappa shape index (κ3) is 1.92. The number of fused-ring (bicyclic) bond motifs is 1. The number of nitrogens with zero attached hydrogens (tertiary/aromatic N) is 4. The second kappa shape index (κ2) is 4.73. The van der Waals surface area contributed by atoms with Gasteiger partial charge in [-0.25, -0.2) is 4.68 Å². The highest BCUT2D eigenvalue weighted by Gasteiger charge is 2.18. The van der Waals surface area contributed by atoms with Crippen molar-refractivity contribution >= 4 is 32.2 Å². The predicted molar refractivity (Wildman–Crippen MR) is 80.1 cm³/mol. The van der Waals surface area contributed by atoms with Crippen LogP contribution in [0.1, 0.15) is 17.1 Å². The number of rotatable bonds is 3. The minimum Gasteiger partial charge on any atom is -0.330 e. The zero-order valence-corrected chi connectivity index (χ0v) is 13.1. The van der Waals surface area contributed by atoms with Gasteiger partial charge in [0.25, 0.3) is 0 Å². The molecule has 3 aromatic heterocycles. The maximum absolute atomic E-state index is 5.72. The first-order chi connectivity index (χ1) is 9.13. The van der Waals surface area contributed by atoms with E-state index in [-0.39, 0.29) is 0 Å². The molecule has 100 valence electrons. The Morgan fingerprint density at radius 3 is 2.84 bits per heavy atom. The summed E-state index contributed by atoms with van der Waals surface area (Å²) in [6.45, 7) is 4.61. The van der Waals surface area contributed by atoms with Gasteiger partial charge in [0.15, 0.2) is 10.8 Å². The van der Waals surface area contributed by atoms with E-state index in [1.54, 1.807) is 11.3 Å². The topological polar surface area (TPSA) is 61.1 Å². The van der Waals surface area contributed by atoms with Gasteiger partial charge in [-0.15, -0.1) is 11.3 Å². The number of hydrogen-bond acceptors (Lipinski definition) is 4. The van der Waals surface area contributed by atoms with Gasteiger partial charge in [-0.2, -0.15) is 10.1 Å². The molecule has 0 aromatic carbocycles. The van der Waals surface area contributed by atoms with Gasteiger partial charge in [0.1, 0.15) is 0 Å². The van der Waals surface area contributed by atoms with Crippen LogP contribution in [0, 0.1) is 13.8 Å². The van der Waals surface area contributed by atoms with E-state index in [9.17, 15) is 0 Å². The fraction of sp³-hybridized carbons (Fsp3) is 0.333. The third-order valence-electron chi connectivity index (χ3n) is 3.12. The summed E-state index contributed by atoms with van der Waals surface area (Å²) >= 11 is 5.17. The average molecular weight is 340 g/mol. The summed E-state index contributed by atoms with van der Waals surface area (Å²) in [5, 5.41) is 6.59. The Bertz CT molecular complexity index is 739. The van der Waals surface area contributed by atoms with Crippen molar-refractivity contribution in [2.75, 3.05) is 6.54 Å². The average Bonchev–Trinajstić information content (AvgIpc) is 3.02. The first-order valence-corrected chi connectivity index (χ1v) is 7.67. The molecule has 0 spiro atoms. The molecule has 0 saturated carbocycles. The maximum atomic E-state index is 5.72. The highest BCUT2D eigenvalue weighted by Crippen LogP contribution is 2.26. The summed E-state index contributed by atoms with van der Waals surface area (Å²) in [4.78, 5) is 5.66. The van der Waals surface area contributed by atoms with E-state index in [0.717, 1.165) is 38.8 Å². The van der Waals surface area contributed by atoms with Gasteiger partial charge >= 0.3 is 0 Å². The molecule has 0 saturated heterocycles. The fourth-order valence-corrected chi connectivity index (χ4v) is 3.16. The minimum atomic E-state index is 0.594. The van der Waals surface area contributed by atoms with Gasteiger partial charge < -0.3 is 5.73 Å². The van der Waals surface area contributed by atoms with Crippen molar-refractivity contribution in [1.82, 2.24) is 19.2 Å². The van der Waals surface area contributed by atoms with E-state index >= 15 is 0 Å². The van der Waals surface area contributed by atoms with Crippen molar-refractivity contribution < 1.29 is 0 Å². The van der Waals surface area contributed by atoms with Crippen molar-refractivity contribution in [3.05, 3.63) is 33.1 Å². The summed E-state index contributed by atoms with van der Waals surface area (Å²) in [6.07, 6.45) is 2.81. The zero-order valence-electron chi connectivity index (χ0n) is 10.7. The molecule has 7 heteroatoms. The molecule has 19 heavy (non-hydrogen) atoms. The molecule has 3 rings (SSSR count). The number of hydrogen-bond donors (Lipinski definition) is 1. The van der Waals surface area contributed by atoms with Gasteiger partial charge in [0.2, 0.25) is 0 Å². The molecule has 2 N–H and O–H groups in total. The quantitative estimate of drug-likeness (QED) is 0.797.